The minimum Gasteiger partial charge on any atom is -0.483 e. The smallest absolute Gasteiger partial charge is 0.289 e. The highest BCUT2D eigenvalue weighted by Gasteiger charge is 2.14. The predicted molar refractivity (Wildman–Crippen MR) is 88.1 cm³/mol. The lowest BCUT2D eigenvalue weighted by molar-refractivity contribution is -0.384. The van der Waals surface area contributed by atoms with Crippen molar-refractivity contribution in [2.75, 3.05) is 11.9 Å². The fourth-order valence-corrected chi connectivity index (χ4v) is 2.19. The Morgan fingerprint density at radius 1 is 1.30 bits per heavy atom. The number of nitro benzene ring substituents is 1. The molecule has 0 spiro atoms. The van der Waals surface area contributed by atoms with Gasteiger partial charge in [-0.3, -0.25) is 14.9 Å². The Morgan fingerprint density at radius 3 is 2.74 bits per heavy atom. The van der Waals surface area contributed by atoms with Crippen LogP contribution < -0.4 is 10.1 Å². The summed E-state index contributed by atoms with van der Waals surface area (Å²) in [6, 6.07) is 11.5. The van der Waals surface area contributed by atoms with Crippen LogP contribution in [0.5, 0.6) is 5.75 Å². The summed E-state index contributed by atoms with van der Waals surface area (Å²) in [7, 11) is 0. The van der Waals surface area contributed by atoms with Crippen LogP contribution in [-0.2, 0) is 11.2 Å². The van der Waals surface area contributed by atoms with E-state index in [1.165, 1.54) is 18.2 Å². The summed E-state index contributed by atoms with van der Waals surface area (Å²) in [5.74, 6) is 0.236. The summed E-state index contributed by atoms with van der Waals surface area (Å²) >= 11 is 5.72. The normalized spacial score (nSPS) is 10.2. The molecule has 0 aliphatic heterocycles. The average Bonchev–Trinajstić information content (AvgIpc) is 2.54. The standard InChI is InChI=1S/C16H15ClN2O4/c1-2-11-5-3-4-6-15(11)23-10-16(20)18-12-7-8-13(17)14(9-12)19(21)22/h3-9H,2,10H2,1H3,(H,18,20). The van der Waals surface area contributed by atoms with E-state index in [2.05, 4.69) is 5.32 Å². The molecule has 6 nitrogen and oxygen atoms in total. The van der Waals surface area contributed by atoms with Crippen molar-refractivity contribution in [1.29, 1.82) is 0 Å². The van der Waals surface area contributed by atoms with Crippen molar-refractivity contribution < 1.29 is 14.5 Å². The molecule has 120 valence electrons. The van der Waals surface area contributed by atoms with Crippen LogP contribution in [0.2, 0.25) is 5.02 Å². The molecule has 0 fully saturated rings. The maximum Gasteiger partial charge on any atom is 0.289 e. The number of ether oxygens (including phenoxy) is 1. The average molecular weight is 335 g/mol. The second-order valence-electron chi connectivity index (χ2n) is 4.72. The van der Waals surface area contributed by atoms with Gasteiger partial charge in [0.05, 0.1) is 4.92 Å². The molecule has 0 saturated carbocycles. The Labute approximate surface area is 138 Å². The van der Waals surface area contributed by atoms with Gasteiger partial charge in [0, 0.05) is 11.8 Å². The minimum absolute atomic E-state index is 0.0149. The first-order valence-electron chi connectivity index (χ1n) is 6.95. The van der Waals surface area contributed by atoms with Crippen molar-refractivity contribution in [1.82, 2.24) is 0 Å². The van der Waals surface area contributed by atoms with Crippen LogP contribution >= 0.6 is 11.6 Å². The van der Waals surface area contributed by atoms with Crippen LogP contribution in [0, 0.1) is 10.1 Å². The number of benzene rings is 2. The van der Waals surface area contributed by atoms with E-state index < -0.39 is 10.8 Å². The second-order valence-corrected chi connectivity index (χ2v) is 5.13. The quantitative estimate of drug-likeness (QED) is 0.643. The molecule has 23 heavy (non-hydrogen) atoms. The molecule has 1 N–H and O–H groups in total. The molecule has 1 amide bonds. The molecular weight excluding hydrogens is 320 g/mol. The number of anilines is 1. The van der Waals surface area contributed by atoms with Crippen molar-refractivity contribution in [2.45, 2.75) is 13.3 Å². The molecule has 2 aromatic rings. The lowest BCUT2D eigenvalue weighted by Gasteiger charge is -2.10. The lowest BCUT2D eigenvalue weighted by Crippen LogP contribution is -2.20. The molecule has 7 heteroatoms. The van der Waals surface area contributed by atoms with Crippen molar-refractivity contribution in [3.05, 3.63) is 63.2 Å². The first-order valence-corrected chi connectivity index (χ1v) is 7.33. The number of nitro groups is 1. The van der Waals surface area contributed by atoms with E-state index in [9.17, 15) is 14.9 Å². The van der Waals surface area contributed by atoms with Crippen LogP contribution in [0.3, 0.4) is 0 Å². The van der Waals surface area contributed by atoms with E-state index in [1.807, 2.05) is 25.1 Å². The van der Waals surface area contributed by atoms with Gasteiger partial charge in [-0.05, 0) is 30.2 Å². The van der Waals surface area contributed by atoms with Crippen LogP contribution in [0.25, 0.3) is 0 Å². The Bertz CT molecular complexity index is 734. The summed E-state index contributed by atoms with van der Waals surface area (Å²) in [4.78, 5) is 22.1. The van der Waals surface area contributed by atoms with Crippen molar-refractivity contribution in [2.24, 2.45) is 0 Å². The number of amides is 1. The van der Waals surface area contributed by atoms with Gasteiger partial charge in [-0.25, -0.2) is 0 Å². The van der Waals surface area contributed by atoms with E-state index in [0.29, 0.717) is 11.4 Å². The van der Waals surface area contributed by atoms with E-state index in [-0.39, 0.29) is 17.3 Å². The van der Waals surface area contributed by atoms with Gasteiger partial charge in [0.15, 0.2) is 6.61 Å². The molecule has 0 aliphatic carbocycles. The Kier molecular flexibility index (Phi) is 5.54. The summed E-state index contributed by atoms with van der Waals surface area (Å²) in [5.41, 5.74) is 1.03. The van der Waals surface area contributed by atoms with E-state index in [4.69, 9.17) is 16.3 Å². The SMILES string of the molecule is CCc1ccccc1OCC(=O)Nc1ccc(Cl)c([N+](=O)[O-])c1. The van der Waals surface area contributed by atoms with Crippen molar-refractivity contribution in [3.8, 4) is 5.75 Å². The maximum absolute atomic E-state index is 11.9. The summed E-state index contributed by atoms with van der Waals surface area (Å²) < 4.78 is 5.49. The molecule has 0 radical (unpaired) electrons. The molecular formula is C16H15ClN2O4. The molecule has 2 rings (SSSR count). The molecule has 0 atom stereocenters. The third-order valence-corrected chi connectivity index (χ3v) is 3.46. The highest BCUT2D eigenvalue weighted by molar-refractivity contribution is 6.32. The van der Waals surface area contributed by atoms with E-state index >= 15 is 0 Å². The summed E-state index contributed by atoms with van der Waals surface area (Å²) in [6.07, 6.45) is 0.793. The van der Waals surface area contributed by atoms with E-state index in [0.717, 1.165) is 12.0 Å². The number of nitrogens with one attached hydrogen (secondary N) is 1. The first kappa shape index (κ1) is 16.8. The fraction of sp³-hybridized carbons (Fsp3) is 0.188. The highest BCUT2D eigenvalue weighted by atomic mass is 35.5. The third-order valence-electron chi connectivity index (χ3n) is 3.14. The van der Waals surface area contributed by atoms with Crippen molar-refractivity contribution in [3.63, 3.8) is 0 Å². The zero-order chi connectivity index (χ0) is 16.8. The summed E-state index contributed by atoms with van der Waals surface area (Å²) in [5, 5.41) is 13.4. The molecule has 0 unspecified atom stereocenters. The van der Waals surface area contributed by atoms with Crippen LogP contribution in [0.1, 0.15) is 12.5 Å². The number of halogens is 1. The van der Waals surface area contributed by atoms with Gasteiger partial charge >= 0.3 is 0 Å². The predicted octanol–water partition coefficient (Wildman–Crippen LogP) is 3.83. The maximum atomic E-state index is 11.9. The van der Waals surface area contributed by atoms with Gasteiger partial charge in [0.1, 0.15) is 10.8 Å². The highest BCUT2D eigenvalue weighted by Crippen LogP contribution is 2.27. The van der Waals surface area contributed by atoms with Gasteiger partial charge in [0.25, 0.3) is 11.6 Å². The number of para-hydroxylation sites is 1. The number of carbonyl (C=O) groups is 1. The lowest BCUT2D eigenvalue weighted by atomic mass is 10.1. The number of nitrogens with zero attached hydrogens (tertiary/aromatic N) is 1. The Hall–Kier alpha value is -2.60. The largest absolute Gasteiger partial charge is 0.483 e. The molecule has 0 heterocycles. The first-order chi connectivity index (χ1) is 11.0. The molecule has 2 aromatic carbocycles. The van der Waals surface area contributed by atoms with Crippen molar-refractivity contribution >= 4 is 28.9 Å². The van der Waals surface area contributed by atoms with Crippen LogP contribution in [0.15, 0.2) is 42.5 Å². The Balaban J connectivity index is 2.00. The van der Waals surface area contributed by atoms with Crippen LogP contribution in [-0.4, -0.2) is 17.4 Å². The number of hydrogen-bond acceptors (Lipinski definition) is 4. The zero-order valence-electron chi connectivity index (χ0n) is 12.4. The topological polar surface area (TPSA) is 81.5 Å². The van der Waals surface area contributed by atoms with Gasteiger partial charge in [0.2, 0.25) is 0 Å². The molecule has 0 saturated heterocycles. The van der Waals surface area contributed by atoms with Gasteiger partial charge < -0.3 is 10.1 Å². The summed E-state index contributed by atoms with van der Waals surface area (Å²) in [6.45, 7) is 1.81. The number of rotatable bonds is 6. The number of carbonyl (C=O) groups excluding carboxylic acids is 1. The fourth-order valence-electron chi connectivity index (χ4n) is 2.01. The third kappa shape index (κ3) is 4.43. The monoisotopic (exact) mass is 334 g/mol. The Morgan fingerprint density at radius 2 is 2.04 bits per heavy atom. The molecule has 0 aromatic heterocycles. The van der Waals surface area contributed by atoms with Gasteiger partial charge in [-0.15, -0.1) is 0 Å². The zero-order valence-corrected chi connectivity index (χ0v) is 13.2. The molecule has 0 aliphatic rings. The van der Waals surface area contributed by atoms with Gasteiger partial charge in [-0.1, -0.05) is 36.7 Å². The molecule has 0 bridgehead atoms. The number of aryl methyl sites for hydroxylation is 1. The second kappa shape index (κ2) is 7.60. The number of hydrogen-bond donors (Lipinski definition) is 1. The minimum atomic E-state index is -0.605. The van der Waals surface area contributed by atoms with Gasteiger partial charge in [-0.2, -0.15) is 0 Å². The van der Waals surface area contributed by atoms with Crippen LogP contribution in [0.4, 0.5) is 11.4 Å². The van der Waals surface area contributed by atoms with E-state index in [1.54, 1.807) is 6.07 Å².